The van der Waals surface area contributed by atoms with E-state index < -0.39 is 0 Å². The number of benzene rings is 2. The number of rotatable bonds is 5. The molecule has 1 atom stereocenters. The van der Waals surface area contributed by atoms with Gasteiger partial charge >= 0.3 is 0 Å². The van der Waals surface area contributed by atoms with E-state index in [1.807, 2.05) is 54.6 Å². The van der Waals surface area contributed by atoms with Crippen molar-refractivity contribution in [3.63, 3.8) is 0 Å². The number of aromatic nitrogens is 2. The number of anilines is 2. The number of fused-ring (bicyclic) bond motifs is 1. The highest BCUT2D eigenvalue weighted by molar-refractivity contribution is 7.22. The first kappa shape index (κ1) is 17.2. The van der Waals surface area contributed by atoms with Crippen LogP contribution in [0.1, 0.15) is 24.5 Å². The summed E-state index contributed by atoms with van der Waals surface area (Å²) in [6.07, 6.45) is 3.90. The number of ether oxygens (including phenoxy) is 2. The molecule has 6 heteroatoms. The fraction of sp³-hybridized carbons (Fsp3) is 0.182. The Kier molecular flexibility index (Phi) is 4.64. The van der Waals surface area contributed by atoms with E-state index in [0.717, 1.165) is 47.1 Å². The summed E-state index contributed by atoms with van der Waals surface area (Å²) in [6, 6.07) is 19.9. The van der Waals surface area contributed by atoms with E-state index >= 15 is 0 Å². The summed E-state index contributed by atoms with van der Waals surface area (Å²) in [5.41, 5.74) is 2.98. The fourth-order valence-electron chi connectivity index (χ4n) is 3.32. The summed E-state index contributed by atoms with van der Waals surface area (Å²) in [5, 5.41) is 4.23. The average Bonchev–Trinajstić information content (AvgIpc) is 3.39. The van der Waals surface area contributed by atoms with E-state index in [0.29, 0.717) is 5.88 Å². The Balaban J connectivity index is 1.32. The van der Waals surface area contributed by atoms with Gasteiger partial charge in [0.1, 0.15) is 5.75 Å². The predicted molar refractivity (Wildman–Crippen MR) is 112 cm³/mol. The first-order chi connectivity index (χ1) is 13.8. The van der Waals surface area contributed by atoms with Crippen molar-refractivity contribution >= 4 is 32.4 Å². The van der Waals surface area contributed by atoms with Crippen LogP contribution in [-0.4, -0.2) is 16.6 Å². The molecule has 1 aliphatic rings. The van der Waals surface area contributed by atoms with Crippen molar-refractivity contribution in [2.45, 2.75) is 18.9 Å². The lowest BCUT2D eigenvalue weighted by Gasteiger charge is -2.14. The van der Waals surface area contributed by atoms with Crippen LogP contribution in [0.4, 0.5) is 10.8 Å². The van der Waals surface area contributed by atoms with Crippen LogP contribution in [0.15, 0.2) is 66.9 Å². The van der Waals surface area contributed by atoms with Gasteiger partial charge in [-0.1, -0.05) is 23.5 Å². The maximum Gasteiger partial charge on any atom is 0.225 e. The van der Waals surface area contributed by atoms with Gasteiger partial charge in [0.25, 0.3) is 0 Å². The van der Waals surface area contributed by atoms with Crippen LogP contribution in [0.5, 0.6) is 11.6 Å². The van der Waals surface area contributed by atoms with Crippen molar-refractivity contribution in [2.75, 3.05) is 11.9 Å². The number of nitrogens with one attached hydrogen (secondary N) is 1. The first-order valence-corrected chi connectivity index (χ1v) is 10.1. The minimum atomic E-state index is 0.0728. The molecule has 1 fully saturated rings. The molecular weight excluding hydrogens is 370 g/mol. The van der Waals surface area contributed by atoms with E-state index in [2.05, 4.69) is 21.4 Å². The molecule has 1 N–H and O–H groups in total. The second kappa shape index (κ2) is 7.58. The number of hydrogen-bond donors (Lipinski definition) is 1. The number of para-hydroxylation sites is 1. The van der Waals surface area contributed by atoms with E-state index in [-0.39, 0.29) is 6.10 Å². The van der Waals surface area contributed by atoms with Gasteiger partial charge in [0.05, 0.1) is 16.3 Å². The molecule has 0 bridgehead atoms. The number of nitrogens with zero attached hydrogens (tertiary/aromatic N) is 2. The van der Waals surface area contributed by atoms with Crippen LogP contribution in [-0.2, 0) is 4.74 Å². The molecule has 140 valence electrons. The zero-order chi connectivity index (χ0) is 18.8. The molecule has 0 saturated carbocycles. The van der Waals surface area contributed by atoms with Crippen LogP contribution in [0.25, 0.3) is 10.2 Å². The van der Waals surface area contributed by atoms with Gasteiger partial charge in [0, 0.05) is 24.1 Å². The van der Waals surface area contributed by atoms with Crippen LogP contribution in [0, 0.1) is 0 Å². The minimum Gasteiger partial charge on any atom is -0.439 e. The number of pyridine rings is 1. The largest absolute Gasteiger partial charge is 0.439 e. The monoisotopic (exact) mass is 389 g/mol. The standard InChI is InChI=1S/C22H19N3O2S/c1-2-8-20-18(6-1)25-22(28-20)24-15-9-11-16(12-10-15)27-21-17(5-3-13-23-21)19-7-4-14-26-19/h1-3,5-6,8-13,19H,4,7,14H2,(H,24,25)/t19-/m1/s1. The van der Waals surface area contributed by atoms with E-state index in [1.165, 1.54) is 4.70 Å². The van der Waals surface area contributed by atoms with Crippen molar-refractivity contribution in [1.82, 2.24) is 9.97 Å². The van der Waals surface area contributed by atoms with Gasteiger partial charge in [0.2, 0.25) is 5.88 Å². The Morgan fingerprint density at radius 2 is 1.93 bits per heavy atom. The molecule has 0 spiro atoms. The van der Waals surface area contributed by atoms with Crippen LogP contribution < -0.4 is 10.1 Å². The molecule has 28 heavy (non-hydrogen) atoms. The van der Waals surface area contributed by atoms with E-state index in [9.17, 15) is 0 Å². The van der Waals surface area contributed by atoms with Gasteiger partial charge in [-0.25, -0.2) is 9.97 Å². The summed E-state index contributed by atoms with van der Waals surface area (Å²) in [6.45, 7) is 0.797. The lowest BCUT2D eigenvalue weighted by molar-refractivity contribution is 0.109. The summed E-state index contributed by atoms with van der Waals surface area (Å²) in [7, 11) is 0. The van der Waals surface area contributed by atoms with Gasteiger partial charge < -0.3 is 14.8 Å². The van der Waals surface area contributed by atoms with Gasteiger partial charge in [-0.05, 0) is 61.4 Å². The molecule has 0 aliphatic carbocycles. The Morgan fingerprint density at radius 1 is 1.04 bits per heavy atom. The zero-order valence-corrected chi connectivity index (χ0v) is 16.0. The number of hydrogen-bond acceptors (Lipinski definition) is 6. The predicted octanol–water partition coefficient (Wildman–Crippen LogP) is 6.08. The fourth-order valence-corrected chi connectivity index (χ4v) is 4.21. The molecule has 2 aromatic carbocycles. The Labute approximate surface area is 167 Å². The van der Waals surface area contributed by atoms with Crippen molar-refractivity contribution in [2.24, 2.45) is 0 Å². The first-order valence-electron chi connectivity index (χ1n) is 9.32. The van der Waals surface area contributed by atoms with Crippen LogP contribution >= 0.6 is 11.3 Å². The van der Waals surface area contributed by atoms with Gasteiger partial charge in [0.15, 0.2) is 5.13 Å². The van der Waals surface area contributed by atoms with Crippen molar-refractivity contribution in [1.29, 1.82) is 0 Å². The highest BCUT2D eigenvalue weighted by Crippen LogP contribution is 2.35. The molecule has 4 aromatic rings. The highest BCUT2D eigenvalue weighted by atomic mass is 32.1. The Hall–Kier alpha value is -2.96. The molecule has 0 radical (unpaired) electrons. The Morgan fingerprint density at radius 3 is 2.75 bits per heavy atom. The van der Waals surface area contributed by atoms with Gasteiger partial charge in [-0.15, -0.1) is 0 Å². The molecule has 5 rings (SSSR count). The summed E-state index contributed by atoms with van der Waals surface area (Å²) < 4.78 is 13.0. The third-order valence-corrected chi connectivity index (χ3v) is 5.64. The van der Waals surface area contributed by atoms with Crippen LogP contribution in [0.2, 0.25) is 0 Å². The summed E-state index contributed by atoms with van der Waals surface area (Å²) in [5.74, 6) is 1.36. The van der Waals surface area contributed by atoms with E-state index in [4.69, 9.17) is 9.47 Å². The summed E-state index contributed by atoms with van der Waals surface area (Å²) >= 11 is 1.64. The maximum atomic E-state index is 6.04. The molecular formula is C22H19N3O2S. The zero-order valence-electron chi connectivity index (χ0n) is 15.2. The van der Waals surface area contributed by atoms with Gasteiger partial charge in [-0.3, -0.25) is 0 Å². The second-order valence-corrected chi connectivity index (χ2v) is 7.67. The SMILES string of the molecule is c1cnc(Oc2ccc(Nc3nc4ccccc4s3)cc2)c([C@H]2CCCO2)c1. The minimum absolute atomic E-state index is 0.0728. The molecule has 3 heterocycles. The third kappa shape index (κ3) is 3.56. The normalized spacial score (nSPS) is 16.4. The second-order valence-electron chi connectivity index (χ2n) is 6.64. The van der Waals surface area contributed by atoms with E-state index in [1.54, 1.807) is 17.5 Å². The third-order valence-electron chi connectivity index (χ3n) is 4.69. The van der Waals surface area contributed by atoms with Crippen molar-refractivity contribution in [3.05, 3.63) is 72.4 Å². The summed E-state index contributed by atoms with van der Waals surface area (Å²) in [4.78, 5) is 9.01. The van der Waals surface area contributed by atoms with Gasteiger partial charge in [-0.2, -0.15) is 0 Å². The molecule has 1 saturated heterocycles. The van der Waals surface area contributed by atoms with Crippen molar-refractivity contribution < 1.29 is 9.47 Å². The lowest BCUT2D eigenvalue weighted by atomic mass is 10.1. The van der Waals surface area contributed by atoms with Crippen molar-refractivity contribution in [3.8, 4) is 11.6 Å². The molecule has 5 nitrogen and oxygen atoms in total. The Bertz CT molecular complexity index is 1060. The molecule has 0 amide bonds. The molecule has 1 aliphatic heterocycles. The topological polar surface area (TPSA) is 56.3 Å². The smallest absolute Gasteiger partial charge is 0.225 e. The van der Waals surface area contributed by atoms with Crippen LogP contribution in [0.3, 0.4) is 0 Å². The molecule has 0 unspecified atom stereocenters. The maximum absolute atomic E-state index is 6.04. The quantitative estimate of drug-likeness (QED) is 0.448. The number of thiazole rings is 1. The lowest BCUT2D eigenvalue weighted by Crippen LogP contribution is -2.00. The molecule has 2 aromatic heterocycles. The average molecular weight is 389 g/mol. The highest BCUT2D eigenvalue weighted by Gasteiger charge is 2.22.